The molecule has 0 aromatic rings. The van der Waals surface area contributed by atoms with Crippen LogP contribution in [0.1, 0.15) is 20.3 Å². The fourth-order valence-electron chi connectivity index (χ4n) is 0.655. The highest BCUT2D eigenvalue weighted by atomic mass is 32.1. The second-order valence-corrected chi connectivity index (χ2v) is 2.67. The predicted molar refractivity (Wildman–Crippen MR) is 46.6 cm³/mol. The van der Waals surface area contributed by atoms with Gasteiger partial charge in [0.05, 0.1) is 6.04 Å². The molecular formula is C7H15NOS. The molecule has 3 heteroatoms. The summed E-state index contributed by atoms with van der Waals surface area (Å²) in [5.74, 6) is 0.762. The Balaban J connectivity index is 3.50. The number of thiol groups is 1. The number of carbonyl (C=O) groups is 1. The third-order valence-corrected chi connectivity index (χ3v) is 1.68. The molecule has 0 rings (SSSR count). The molecule has 0 saturated carbocycles. The van der Waals surface area contributed by atoms with E-state index in [1.54, 1.807) is 6.92 Å². The molecule has 1 N–H and O–H groups in total. The molecule has 0 aliphatic rings. The van der Waals surface area contributed by atoms with Crippen LogP contribution in [0, 0.1) is 0 Å². The standard InChI is InChI=1S/C7H15NOS/c1-3-4-8-7(5-10)6(2)9/h7-8,10H,3-5H2,1-2H3/t7-/m0/s1. The Labute approximate surface area is 67.8 Å². The minimum atomic E-state index is -0.0525. The third-order valence-electron chi connectivity index (χ3n) is 1.31. The van der Waals surface area contributed by atoms with E-state index in [4.69, 9.17) is 0 Å². The quantitative estimate of drug-likeness (QED) is 0.586. The Morgan fingerprint density at radius 2 is 2.30 bits per heavy atom. The van der Waals surface area contributed by atoms with Gasteiger partial charge in [0.25, 0.3) is 0 Å². The molecular weight excluding hydrogens is 146 g/mol. The van der Waals surface area contributed by atoms with E-state index in [1.165, 1.54) is 0 Å². The van der Waals surface area contributed by atoms with Gasteiger partial charge in [-0.1, -0.05) is 6.92 Å². The first-order chi connectivity index (χ1) is 4.72. The SMILES string of the molecule is CCCN[C@@H](CS)C(C)=O. The average molecular weight is 161 g/mol. The number of Topliss-reactive ketones (excluding diaryl/α,β-unsaturated/α-hetero) is 1. The monoisotopic (exact) mass is 161 g/mol. The van der Waals surface area contributed by atoms with Crippen LogP contribution in [0.4, 0.5) is 0 Å². The van der Waals surface area contributed by atoms with Gasteiger partial charge < -0.3 is 5.32 Å². The molecule has 0 heterocycles. The molecule has 0 aromatic carbocycles. The molecule has 0 spiro atoms. The number of carbonyl (C=O) groups excluding carboxylic acids is 1. The van der Waals surface area contributed by atoms with Crippen molar-refractivity contribution in [2.75, 3.05) is 12.3 Å². The summed E-state index contributed by atoms with van der Waals surface area (Å²) < 4.78 is 0. The van der Waals surface area contributed by atoms with Crippen LogP contribution >= 0.6 is 12.6 Å². The lowest BCUT2D eigenvalue weighted by molar-refractivity contribution is -0.118. The fourth-order valence-corrected chi connectivity index (χ4v) is 1.04. The van der Waals surface area contributed by atoms with Crippen molar-refractivity contribution in [3.8, 4) is 0 Å². The Morgan fingerprint density at radius 3 is 2.60 bits per heavy atom. The predicted octanol–water partition coefficient (Wildman–Crippen LogP) is 0.873. The maximum atomic E-state index is 10.8. The van der Waals surface area contributed by atoms with Crippen molar-refractivity contribution in [2.24, 2.45) is 0 Å². The molecule has 2 nitrogen and oxygen atoms in total. The lowest BCUT2D eigenvalue weighted by Crippen LogP contribution is -2.37. The van der Waals surface area contributed by atoms with Gasteiger partial charge in [-0.3, -0.25) is 4.79 Å². The molecule has 0 aliphatic heterocycles. The van der Waals surface area contributed by atoms with Gasteiger partial charge in [-0.05, 0) is 19.9 Å². The topological polar surface area (TPSA) is 29.1 Å². The molecule has 0 amide bonds. The smallest absolute Gasteiger partial charge is 0.147 e. The van der Waals surface area contributed by atoms with Crippen molar-refractivity contribution < 1.29 is 4.79 Å². The lowest BCUT2D eigenvalue weighted by atomic mass is 10.2. The summed E-state index contributed by atoms with van der Waals surface area (Å²) in [5, 5.41) is 3.09. The van der Waals surface area contributed by atoms with Gasteiger partial charge in [-0.25, -0.2) is 0 Å². The summed E-state index contributed by atoms with van der Waals surface area (Å²) in [4.78, 5) is 10.8. The highest BCUT2D eigenvalue weighted by molar-refractivity contribution is 7.80. The zero-order valence-electron chi connectivity index (χ0n) is 6.55. The maximum absolute atomic E-state index is 10.8. The molecule has 10 heavy (non-hydrogen) atoms. The minimum absolute atomic E-state index is 0.0525. The summed E-state index contributed by atoms with van der Waals surface area (Å²) in [5.41, 5.74) is 0. The number of ketones is 1. The normalized spacial score (nSPS) is 13.1. The highest BCUT2D eigenvalue weighted by Crippen LogP contribution is 1.89. The van der Waals surface area contributed by atoms with Crippen LogP contribution < -0.4 is 5.32 Å². The third kappa shape index (κ3) is 3.90. The van der Waals surface area contributed by atoms with Crippen molar-refractivity contribution in [1.29, 1.82) is 0 Å². The van der Waals surface area contributed by atoms with Crippen molar-refractivity contribution in [1.82, 2.24) is 5.32 Å². The van der Waals surface area contributed by atoms with Crippen LogP contribution in [0.3, 0.4) is 0 Å². The van der Waals surface area contributed by atoms with E-state index in [0.717, 1.165) is 13.0 Å². The van der Waals surface area contributed by atoms with Crippen molar-refractivity contribution in [3.05, 3.63) is 0 Å². The number of hydrogen-bond donors (Lipinski definition) is 2. The first kappa shape index (κ1) is 9.98. The number of hydrogen-bond acceptors (Lipinski definition) is 3. The lowest BCUT2D eigenvalue weighted by Gasteiger charge is -2.11. The summed E-state index contributed by atoms with van der Waals surface area (Å²) >= 11 is 4.04. The zero-order valence-corrected chi connectivity index (χ0v) is 7.45. The Morgan fingerprint density at radius 1 is 1.70 bits per heavy atom. The van der Waals surface area contributed by atoms with E-state index in [2.05, 4.69) is 24.9 Å². The zero-order chi connectivity index (χ0) is 7.98. The van der Waals surface area contributed by atoms with Gasteiger partial charge >= 0.3 is 0 Å². The first-order valence-corrected chi connectivity index (χ1v) is 4.20. The van der Waals surface area contributed by atoms with E-state index in [-0.39, 0.29) is 11.8 Å². The van der Waals surface area contributed by atoms with E-state index < -0.39 is 0 Å². The van der Waals surface area contributed by atoms with Gasteiger partial charge in [0.1, 0.15) is 5.78 Å². The van der Waals surface area contributed by atoms with Crippen LogP contribution in [0.2, 0.25) is 0 Å². The van der Waals surface area contributed by atoms with Crippen molar-refractivity contribution >= 4 is 18.4 Å². The number of nitrogens with one attached hydrogen (secondary N) is 1. The molecule has 0 aromatic heterocycles. The van der Waals surface area contributed by atoms with E-state index in [9.17, 15) is 4.79 Å². The highest BCUT2D eigenvalue weighted by Gasteiger charge is 2.08. The van der Waals surface area contributed by atoms with Gasteiger partial charge in [0, 0.05) is 5.75 Å². The van der Waals surface area contributed by atoms with Gasteiger partial charge in [-0.15, -0.1) is 0 Å². The first-order valence-electron chi connectivity index (χ1n) is 3.57. The van der Waals surface area contributed by atoms with Crippen LogP contribution in [0.25, 0.3) is 0 Å². The molecule has 0 aliphatic carbocycles. The Hall–Kier alpha value is -0.0200. The van der Waals surface area contributed by atoms with Crippen molar-refractivity contribution in [2.45, 2.75) is 26.3 Å². The molecule has 1 atom stereocenters. The Bertz CT molecular complexity index is 106. The molecule has 0 saturated heterocycles. The Kier molecular flexibility index (Phi) is 5.73. The van der Waals surface area contributed by atoms with E-state index in [0.29, 0.717) is 5.75 Å². The molecule has 60 valence electrons. The summed E-state index contributed by atoms with van der Waals surface area (Å²) in [6, 6.07) is -0.0525. The second kappa shape index (κ2) is 5.74. The summed E-state index contributed by atoms with van der Waals surface area (Å²) in [6.07, 6.45) is 1.05. The van der Waals surface area contributed by atoms with Crippen LogP contribution in [0.15, 0.2) is 0 Å². The van der Waals surface area contributed by atoms with E-state index in [1.807, 2.05) is 0 Å². The molecule has 0 radical (unpaired) electrons. The van der Waals surface area contributed by atoms with Crippen LogP contribution in [-0.2, 0) is 4.79 Å². The summed E-state index contributed by atoms with van der Waals surface area (Å²) in [6.45, 7) is 4.55. The van der Waals surface area contributed by atoms with Gasteiger partial charge in [0.2, 0.25) is 0 Å². The molecule has 0 fully saturated rings. The van der Waals surface area contributed by atoms with Gasteiger partial charge in [-0.2, -0.15) is 12.6 Å². The average Bonchev–Trinajstić information content (AvgIpc) is 1.89. The maximum Gasteiger partial charge on any atom is 0.147 e. The number of rotatable bonds is 5. The molecule has 0 bridgehead atoms. The summed E-state index contributed by atoms with van der Waals surface area (Å²) in [7, 11) is 0. The largest absolute Gasteiger partial charge is 0.307 e. The van der Waals surface area contributed by atoms with Crippen molar-refractivity contribution in [3.63, 3.8) is 0 Å². The molecule has 0 unspecified atom stereocenters. The fraction of sp³-hybridized carbons (Fsp3) is 0.857. The second-order valence-electron chi connectivity index (χ2n) is 2.30. The van der Waals surface area contributed by atoms with Crippen LogP contribution in [0.5, 0.6) is 0 Å². The van der Waals surface area contributed by atoms with Gasteiger partial charge in [0.15, 0.2) is 0 Å². The van der Waals surface area contributed by atoms with Crippen LogP contribution in [-0.4, -0.2) is 24.1 Å². The van der Waals surface area contributed by atoms with E-state index >= 15 is 0 Å². The minimum Gasteiger partial charge on any atom is -0.307 e.